The molecule has 1 N–H and O–H groups in total. The van der Waals surface area contributed by atoms with Crippen LogP contribution in [0.4, 0.5) is 4.79 Å². The standard InChI is InChI=1S/C26H32ClN3O4/c1-33-17-22-9-8-21(34-22)16-29-12-10-20(11-13-29)26(14-19-4-2-3-5-23(19)27)24(31)30(25(32)28-26)15-18-6-7-18/h2-5,8-9,18,20H,6-7,10-17H2,1H3,(H,28,32)/t26-/m1/s1. The van der Waals surface area contributed by atoms with E-state index in [1.807, 2.05) is 36.4 Å². The summed E-state index contributed by atoms with van der Waals surface area (Å²) in [6.45, 7) is 3.38. The number of nitrogens with zero attached hydrogens (tertiary/aromatic N) is 2. The van der Waals surface area contributed by atoms with Crippen LogP contribution in [-0.2, 0) is 29.1 Å². The number of likely N-dealkylation sites (tertiary alicyclic amines) is 1. The number of urea groups is 1. The minimum atomic E-state index is -0.945. The summed E-state index contributed by atoms with van der Waals surface area (Å²) in [4.78, 5) is 30.6. The summed E-state index contributed by atoms with van der Waals surface area (Å²) in [5.74, 6) is 2.14. The van der Waals surface area contributed by atoms with Crippen LogP contribution in [0.2, 0.25) is 5.02 Å². The summed E-state index contributed by atoms with van der Waals surface area (Å²) in [7, 11) is 1.65. The zero-order valence-corrected chi connectivity index (χ0v) is 20.4. The Balaban J connectivity index is 1.32. The summed E-state index contributed by atoms with van der Waals surface area (Å²) >= 11 is 6.49. The molecule has 7 nitrogen and oxygen atoms in total. The summed E-state index contributed by atoms with van der Waals surface area (Å²) in [5.41, 5.74) is -0.0471. The van der Waals surface area contributed by atoms with E-state index in [0.29, 0.717) is 30.5 Å². The number of carbonyl (C=O) groups excluding carboxylic acids is 2. The number of carbonyl (C=O) groups is 2. The molecule has 0 bridgehead atoms. The van der Waals surface area contributed by atoms with Crippen molar-refractivity contribution in [1.82, 2.24) is 15.1 Å². The molecular weight excluding hydrogens is 454 g/mol. The van der Waals surface area contributed by atoms with E-state index >= 15 is 0 Å². The van der Waals surface area contributed by atoms with Crippen LogP contribution < -0.4 is 5.32 Å². The molecule has 2 saturated heterocycles. The third-order valence-corrected chi connectivity index (χ3v) is 7.80. The number of amides is 3. The molecule has 1 saturated carbocycles. The molecular formula is C26H32ClN3O4. The van der Waals surface area contributed by atoms with Crippen molar-refractivity contribution in [2.24, 2.45) is 11.8 Å². The highest BCUT2D eigenvalue weighted by Gasteiger charge is 2.56. The number of rotatable bonds is 9. The van der Waals surface area contributed by atoms with Crippen LogP contribution in [0.25, 0.3) is 0 Å². The molecule has 3 fully saturated rings. The number of imide groups is 1. The number of methoxy groups -OCH3 is 1. The van der Waals surface area contributed by atoms with Crippen molar-refractivity contribution in [1.29, 1.82) is 0 Å². The second kappa shape index (κ2) is 9.72. The Morgan fingerprint density at radius 3 is 2.53 bits per heavy atom. The number of piperidine rings is 1. The van der Waals surface area contributed by atoms with Crippen LogP contribution in [0.3, 0.4) is 0 Å². The SMILES string of the molecule is COCc1ccc(CN2CCC([C@@]3(Cc4ccccc4Cl)NC(=O)N(CC4CC4)C3=O)CC2)o1. The molecule has 0 spiro atoms. The topological polar surface area (TPSA) is 75.0 Å². The van der Waals surface area contributed by atoms with E-state index in [0.717, 1.165) is 62.4 Å². The summed E-state index contributed by atoms with van der Waals surface area (Å²) < 4.78 is 11.0. The lowest BCUT2D eigenvalue weighted by Gasteiger charge is -2.41. The highest BCUT2D eigenvalue weighted by atomic mass is 35.5. The minimum absolute atomic E-state index is 0.0429. The number of nitrogens with one attached hydrogen (secondary N) is 1. The van der Waals surface area contributed by atoms with Crippen LogP contribution in [0.5, 0.6) is 0 Å². The van der Waals surface area contributed by atoms with Gasteiger partial charge in [0.25, 0.3) is 5.91 Å². The lowest BCUT2D eigenvalue weighted by Crippen LogP contribution is -2.57. The first-order valence-electron chi connectivity index (χ1n) is 12.1. The monoisotopic (exact) mass is 485 g/mol. The van der Waals surface area contributed by atoms with Gasteiger partial charge >= 0.3 is 6.03 Å². The highest BCUT2D eigenvalue weighted by molar-refractivity contribution is 6.31. The molecule has 3 amide bonds. The second-order valence-corrected chi connectivity index (χ2v) is 10.3. The number of hydrogen-bond acceptors (Lipinski definition) is 5. The highest BCUT2D eigenvalue weighted by Crippen LogP contribution is 2.39. The molecule has 2 aliphatic heterocycles. The Labute approximate surface area is 205 Å². The van der Waals surface area contributed by atoms with Crippen molar-refractivity contribution < 1.29 is 18.7 Å². The van der Waals surface area contributed by atoms with Gasteiger partial charge in [-0.05, 0) is 74.4 Å². The van der Waals surface area contributed by atoms with Crippen LogP contribution >= 0.6 is 11.6 Å². The van der Waals surface area contributed by atoms with Crippen molar-refractivity contribution in [3.05, 3.63) is 58.5 Å². The maximum Gasteiger partial charge on any atom is 0.325 e. The van der Waals surface area contributed by atoms with Crippen LogP contribution in [0, 0.1) is 11.8 Å². The first kappa shape index (κ1) is 23.4. The maximum absolute atomic E-state index is 13.8. The summed E-state index contributed by atoms with van der Waals surface area (Å²) in [6.07, 6.45) is 4.23. The van der Waals surface area contributed by atoms with Gasteiger partial charge < -0.3 is 14.5 Å². The average molecular weight is 486 g/mol. The lowest BCUT2D eigenvalue weighted by molar-refractivity contribution is -0.134. The molecule has 0 radical (unpaired) electrons. The normalized spacial score (nSPS) is 24.1. The minimum Gasteiger partial charge on any atom is -0.462 e. The van der Waals surface area contributed by atoms with Crippen molar-refractivity contribution in [2.75, 3.05) is 26.7 Å². The van der Waals surface area contributed by atoms with E-state index in [-0.39, 0.29) is 17.9 Å². The molecule has 1 aromatic heterocycles. The molecule has 3 heterocycles. The fraction of sp³-hybridized carbons (Fsp3) is 0.538. The number of benzene rings is 1. The summed E-state index contributed by atoms with van der Waals surface area (Å²) in [5, 5.41) is 3.79. The molecule has 5 rings (SSSR count). The Hall–Kier alpha value is -2.35. The van der Waals surface area contributed by atoms with Crippen molar-refractivity contribution >= 4 is 23.5 Å². The molecule has 1 aliphatic carbocycles. The zero-order chi connectivity index (χ0) is 23.7. The smallest absolute Gasteiger partial charge is 0.325 e. The van der Waals surface area contributed by atoms with E-state index in [1.165, 1.54) is 4.90 Å². The van der Waals surface area contributed by atoms with Crippen molar-refractivity contribution in [3.8, 4) is 0 Å². The number of furan rings is 1. The first-order valence-corrected chi connectivity index (χ1v) is 12.5. The fourth-order valence-corrected chi connectivity index (χ4v) is 5.59. The van der Waals surface area contributed by atoms with E-state index in [2.05, 4.69) is 10.2 Å². The molecule has 0 unspecified atom stereocenters. The lowest BCUT2D eigenvalue weighted by atomic mass is 9.74. The van der Waals surface area contributed by atoms with Gasteiger partial charge in [0.1, 0.15) is 23.7 Å². The Bertz CT molecular complexity index is 1040. The number of ether oxygens (including phenoxy) is 1. The zero-order valence-electron chi connectivity index (χ0n) is 19.6. The number of hydrogen-bond donors (Lipinski definition) is 1. The Kier molecular flexibility index (Phi) is 6.69. The van der Waals surface area contributed by atoms with E-state index in [4.69, 9.17) is 20.8 Å². The molecule has 182 valence electrons. The van der Waals surface area contributed by atoms with Gasteiger partial charge in [-0.15, -0.1) is 0 Å². The third kappa shape index (κ3) is 4.74. The van der Waals surface area contributed by atoms with Crippen molar-refractivity contribution in [2.45, 2.75) is 50.8 Å². The largest absolute Gasteiger partial charge is 0.462 e. The van der Waals surface area contributed by atoms with Crippen LogP contribution in [-0.4, -0.2) is 54.0 Å². The quantitative estimate of drug-likeness (QED) is 0.538. The number of halogens is 1. The average Bonchev–Trinajstić information content (AvgIpc) is 3.50. The predicted molar refractivity (Wildman–Crippen MR) is 128 cm³/mol. The van der Waals surface area contributed by atoms with E-state index in [9.17, 15) is 9.59 Å². The predicted octanol–water partition coefficient (Wildman–Crippen LogP) is 4.23. The molecule has 1 atom stereocenters. The maximum atomic E-state index is 13.8. The van der Waals surface area contributed by atoms with Gasteiger partial charge in [-0.2, -0.15) is 0 Å². The Morgan fingerprint density at radius 1 is 1.09 bits per heavy atom. The van der Waals surface area contributed by atoms with E-state index in [1.54, 1.807) is 7.11 Å². The van der Waals surface area contributed by atoms with Gasteiger partial charge in [0.15, 0.2) is 0 Å². The molecule has 8 heteroatoms. The Morgan fingerprint density at radius 2 is 1.82 bits per heavy atom. The van der Waals surface area contributed by atoms with Gasteiger partial charge in [-0.1, -0.05) is 29.8 Å². The fourth-order valence-electron chi connectivity index (χ4n) is 5.38. The van der Waals surface area contributed by atoms with Gasteiger partial charge in [0.2, 0.25) is 0 Å². The van der Waals surface area contributed by atoms with Crippen LogP contribution in [0.1, 0.15) is 42.8 Å². The van der Waals surface area contributed by atoms with Gasteiger partial charge in [0.05, 0.1) is 6.54 Å². The van der Waals surface area contributed by atoms with Gasteiger partial charge in [-0.3, -0.25) is 14.6 Å². The molecule has 34 heavy (non-hydrogen) atoms. The molecule has 1 aromatic carbocycles. The molecule has 2 aromatic rings. The van der Waals surface area contributed by atoms with Crippen LogP contribution in [0.15, 0.2) is 40.8 Å². The molecule has 3 aliphatic rings. The second-order valence-electron chi connectivity index (χ2n) is 9.88. The van der Waals surface area contributed by atoms with Gasteiger partial charge in [0, 0.05) is 25.1 Å². The third-order valence-electron chi connectivity index (χ3n) is 7.43. The van der Waals surface area contributed by atoms with Crippen molar-refractivity contribution in [3.63, 3.8) is 0 Å². The van der Waals surface area contributed by atoms with E-state index < -0.39 is 5.54 Å². The summed E-state index contributed by atoms with van der Waals surface area (Å²) in [6, 6.07) is 11.3. The van der Waals surface area contributed by atoms with Gasteiger partial charge in [-0.25, -0.2) is 4.79 Å². The first-order chi connectivity index (χ1) is 16.5.